The summed E-state index contributed by atoms with van der Waals surface area (Å²) in [5.41, 5.74) is 5.69. The van der Waals surface area contributed by atoms with Crippen molar-refractivity contribution < 1.29 is 14.3 Å². The summed E-state index contributed by atoms with van der Waals surface area (Å²) >= 11 is 0. The van der Waals surface area contributed by atoms with E-state index in [1.54, 1.807) is 4.90 Å². The lowest BCUT2D eigenvalue weighted by atomic mass is 10.1. The third kappa shape index (κ3) is 4.75. The van der Waals surface area contributed by atoms with Gasteiger partial charge in [-0.1, -0.05) is 30.3 Å². The highest BCUT2D eigenvalue weighted by Crippen LogP contribution is 2.28. The zero-order chi connectivity index (χ0) is 22.7. The molecule has 4 rings (SSSR count). The number of hydrogen-bond donors (Lipinski definition) is 1. The second kappa shape index (κ2) is 9.14. The Bertz CT molecular complexity index is 1110. The number of nitrogens with one attached hydrogen (secondary N) is 1. The molecule has 1 atom stereocenters. The predicted octanol–water partition coefficient (Wildman–Crippen LogP) is 5.43. The minimum Gasteiger partial charge on any atom is -0.444 e. The van der Waals surface area contributed by atoms with Crippen molar-refractivity contribution in [2.45, 2.75) is 26.4 Å². The van der Waals surface area contributed by atoms with E-state index in [0.717, 1.165) is 28.2 Å². The largest absolute Gasteiger partial charge is 0.444 e. The second-order valence-corrected chi connectivity index (χ2v) is 8.09. The van der Waals surface area contributed by atoms with Gasteiger partial charge in [0.1, 0.15) is 6.10 Å². The lowest BCUT2D eigenvalue weighted by molar-refractivity contribution is -0.117. The monoisotopic (exact) mass is 429 g/mol. The first-order valence-electron chi connectivity index (χ1n) is 10.6. The molecule has 3 aromatic carbocycles. The van der Waals surface area contributed by atoms with Crippen LogP contribution in [-0.4, -0.2) is 31.7 Å². The van der Waals surface area contributed by atoms with Crippen LogP contribution >= 0.6 is 0 Å². The molecule has 1 heterocycles. The van der Waals surface area contributed by atoms with E-state index in [2.05, 4.69) is 10.2 Å². The van der Waals surface area contributed by atoms with Crippen LogP contribution < -0.4 is 15.1 Å². The van der Waals surface area contributed by atoms with Gasteiger partial charge in [0.05, 0.1) is 13.0 Å². The van der Waals surface area contributed by atoms with Crippen LogP contribution in [0.5, 0.6) is 0 Å². The molecule has 0 saturated carbocycles. The van der Waals surface area contributed by atoms with E-state index in [0.29, 0.717) is 12.2 Å². The molecule has 1 fully saturated rings. The van der Waals surface area contributed by atoms with Crippen molar-refractivity contribution in [3.05, 3.63) is 83.9 Å². The quantitative estimate of drug-likeness (QED) is 0.588. The summed E-state index contributed by atoms with van der Waals surface area (Å²) in [6.45, 7) is 4.33. The Balaban J connectivity index is 1.35. The molecule has 164 valence electrons. The lowest BCUT2D eigenvalue weighted by Gasteiger charge is -2.20. The Morgan fingerprint density at radius 1 is 1.00 bits per heavy atom. The van der Waals surface area contributed by atoms with Gasteiger partial charge in [0.15, 0.2) is 0 Å². The fourth-order valence-corrected chi connectivity index (χ4v) is 3.86. The summed E-state index contributed by atoms with van der Waals surface area (Å²) in [6.07, 6.45) is -0.859. The minimum absolute atomic E-state index is 0.0372. The van der Waals surface area contributed by atoms with Crippen LogP contribution in [0.25, 0.3) is 0 Å². The number of nitrogens with zero attached hydrogens (tertiary/aromatic N) is 2. The topological polar surface area (TPSA) is 61.9 Å². The van der Waals surface area contributed by atoms with E-state index in [-0.39, 0.29) is 12.3 Å². The first kappa shape index (κ1) is 21.4. The number of carbonyl (C=O) groups excluding carboxylic acids is 2. The number of para-hydroxylation sites is 1. The van der Waals surface area contributed by atoms with Gasteiger partial charge in [0.2, 0.25) is 5.91 Å². The van der Waals surface area contributed by atoms with Crippen molar-refractivity contribution in [1.82, 2.24) is 0 Å². The smallest absolute Gasteiger partial charge is 0.411 e. The zero-order valence-corrected chi connectivity index (χ0v) is 18.5. The average molecular weight is 430 g/mol. The van der Waals surface area contributed by atoms with Crippen LogP contribution in [0.1, 0.15) is 17.5 Å². The van der Waals surface area contributed by atoms with E-state index >= 15 is 0 Å². The third-order valence-electron chi connectivity index (χ3n) is 5.66. The lowest BCUT2D eigenvalue weighted by Crippen LogP contribution is -2.28. The summed E-state index contributed by atoms with van der Waals surface area (Å²) < 4.78 is 5.53. The number of aryl methyl sites for hydroxylation is 2. The standard InChI is InChI=1S/C26H27N3O3/c1-18-9-10-19(2)24(15-18)29-17-23(16-25(29)30)32-26(31)27-20-11-13-22(14-12-20)28(3)21-7-5-4-6-8-21/h4-15,23H,16-17H2,1-3H3,(H,27,31). The summed E-state index contributed by atoms with van der Waals surface area (Å²) in [7, 11) is 1.99. The van der Waals surface area contributed by atoms with E-state index in [9.17, 15) is 9.59 Å². The van der Waals surface area contributed by atoms with Crippen LogP contribution in [-0.2, 0) is 9.53 Å². The Kier molecular flexibility index (Phi) is 6.12. The molecule has 1 unspecified atom stereocenters. The molecule has 1 aliphatic rings. The van der Waals surface area contributed by atoms with Crippen molar-refractivity contribution in [2.24, 2.45) is 0 Å². The molecule has 1 aliphatic heterocycles. The molecule has 0 aromatic heterocycles. The SMILES string of the molecule is Cc1ccc(C)c(N2CC(OC(=O)Nc3ccc(N(C)c4ccccc4)cc3)CC2=O)c1. The van der Waals surface area contributed by atoms with Gasteiger partial charge in [-0.15, -0.1) is 0 Å². The van der Waals surface area contributed by atoms with Crippen LogP contribution in [0.2, 0.25) is 0 Å². The molecule has 0 radical (unpaired) electrons. The Morgan fingerprint density at radius 3 is 2.41 bits per heavy atom. The molecular weight excluding hydrogens is 402 g/mol. The van der Waals surface area contributed by atoms with Gasteiger partial charge in [-0.3, -0.25) is 10.1 Å². The average Bonchev–Trinajstić information content (AvgIpc) is 3.15. The van der Waals surface area contributed by atoms with Crippen LogP contribution in [0, 0.1) is 13.8 Å². The number of hydrogen-bond acceptors (Lipinski definition) is 4. The van der Waals surface area contributed by atoms with Crippen LogP contribution in [0.15, 0.2) is 72.8 Å². The Hall–Kier alpha value is -3.80. The van der Waals surface area contributed by atoms with Gasteiger partial charge in [-0.25, -0.2) is 4.79 Å². The number of ether oxygens (including phenoxy) is 1. The predicted molar refractivity (Wildman–Crippen MR) is 128 cm³/mol. The molecule has 3 aromatic rings. The summed E-state index contributed by atoms with van der Waals surface area (Å²) in [5.74, 6) is -0.0372. The summed E-state index contributed by atoms with van der Waals surface area (Å²) in [5, 5.41) is 2.76. The Morgan fingerprint density at radius 2 is 1.69 bits per heavy atom. The second-order valence-electron chi connectivity index (χ2n) is 8.09. The van der Waals surface area contributed by atoms with Crippen molar-refractivity contribution in [3.63, 3.8) is 0 Å². The van der Waals surface area contributed by atoms with Crippen molar-refractivity contribution in [3.8, 4) is 0 Å². The van der Waals surface area contributed by atoms with E-state index in [4.69, 9.17) is 4.74 Å². The van der Waals surface area contributed by atoms with Crippen LogP contribution in [0.4, 0.5) is 27.5 Å². The maximum atomic E-state index is 12.5. The molecule has 32 heavy (non-hydrogen) atoms. The number of anilines is 4. The first-order chi connectivity index (χ1) is 15.4. The number of rotatable bonds is 5. The molecule has 6 nitrogen and oxygen atoms in total. The van der Waals surface area contributed by atoms with E-state index in [1.165, 1.54) is 0 Å². The van der Waals surface area contributed by atoms with Gasteiger partial charge in [0.25, 0.3) is 0 Å². The van der Waals surface area contributed by atoms with E-state index < -0.39 is 12.2 Å². The molecule has 1 saturated heterocycles. The number of amides is 2. The molecule has 0 aliphatic carbocycles. The summed E-state index contributed by atoms with van der Waals surface area (Å²) in [6, 6.07) is 23.6. The number of carbonyl (C=O) groups is 2. The van der Waals surface area contributed by atoms with Gasteiger partial charge in [0, 0.05) is 29.8 Å². The summed E-state index contributed by atoms with van der Waals surface area (Å²) in [4.78, 5) is 28.7. The van der Waals surface area contributed by atoms with Gasteiger partial charge < -0.3 is 14.5 Å². The van der Waals surface area contributed by atoms with Crippen molar-refractivity contribution >= 4 is 34.7 Å². The normalized spacial score (nSPS) is 15.5. The first-order valence-corrected chi connectivity index (χ1v) is 10.6. The van der Waals surface area contributed by atoms with Gasteiger partial charge in [-0.2, -0.15) is 0 Å². The van der Waals surface area contributed by atoms with Gasteiger partial charge in [-0.05, 0) is 67.4 Å². The molecule has 1 N–H and O–H groups in total. The highest BCUT2D eigenvalue weighted by Gasteiger charge is 2.34. The molecule has 2 amide bonds. The van der Waals surface area contributed by atoms with Crippen molar-refractivity contribution in [1.29, 1.82) is 0 Å². The molecule has 0 spiro atoms. The number of benzene rings is 3. The van der Waals surface area contributed by atoms with E-state index in [1.807, 2.05) is 93.7 Å². The minimum atomic E-state index is -0.560. The zero-order valence-electron chi connectivity index (χ0n) is 18.5. The van der Waals surface area contributed by atoms with Crippen LogP contribution in [0.3, 0.4) is 0 Å². The fraction of sp³-hybridized carbons (Fsp3) is 0.231. The fourth-order valence-electron chi connectivity index (χ4n) is 3.86. The molecule has 6 heteroatoms. The third-order valence-corrected chi connectivity index (χ3v) is 5.66. The maximum Gasteiger partial charge on any atom is 0.411 e. The highest BCUT2D eigenvalue weighted by molar-refractivity contribution is 5.97. The maximum absolute atomic E-state index is 12.5. The highest BCUT2D eigenvalue weighted by atomic mass is 16.6. The van der Waals surface area contributed by atoms with Crippen molar-refractivity contribution in [2.75, 3.05) is 28.7 Å². The molecular formula is C26H27N3O3. The Labute approximate surface area is 188 Å². The molecule has 0 bridgehead atoms. The van der Waals surface area contributed by atoms with Gasteiger partial charge >= 0.3 is 6.09 Å².